The summed E-state index contributed by atoms with van der Waals surface area (Å²) in [7, 11) is 0. The topological polar surface area (TPSA) is 17.1 Å². The molecule has 1 aromatic rings. The molecule has 0 aliphatic heterocycles. The fourth-order valence-corrected chi connectivity index (χ4v) is 2.39. The Morgan fingerprint density at radius 2 is 2.13 bits per heavy atom. The predicted octanol–water partition coefficient (Wildman–Crippen LogP) is 4.43. The number of rotatable bonds is 4. The summed E-state index contributed by atoms with van der Waals surface area (Å²) in [6, 6.07) is 5.52. The first-order valence-corrected chi connectivity index (χ1v) is 6.29. The zero-order valence-electron chi connectivity index (χ0n) is 9.21. The van der Waals surface area contributed by atoms with Gasteiger partial charge in [0.2, 0.25) is 0 Å². The summed E-state index contributed by atoms with van der Waals surface area (Å²) in [6.07, 6.45) is 0.520. The summed E-state index contributed by atoms with van der Waals surface area (Å²) >= 11 is 7.59. The number of carbonyl (C=O) groups is 1. The van der Waals surface area contributed by atoms with Crippen molar-refractivity contribution >= 4 is 29.1 Å². The second-order valence-electron chi connectivity index (χ2n) is 3.58. The highest BCUT2D eigenvalue weighted by Crippen LogP contribution is 2.29. The molecule has 0 saturated carbocycles. The van der Waals surface area contributed by atoms with Crippen molar-refractivity contribution in [3.63, 3.8) is 0 Å². The molecule has 0 heterocycles. The van der Waals surface area contributed by atoms with Gasteiger partial charge in [-0.1, -0.05) is 32.4 Å². The van der Waals surface area contributed by atoms with Crippen LogP contribution < -0.4 is 0 Å². The van der Waals surface area contributed by atoms with Gasteiger partial charge in [-0.2, -0.15) is 0 Å². The van der Waals surface area contributed by atoms with E-state index in [0.717, 1.165) is 10.5 Å². The van der Waals surface area contributed by atoms with Crippen LogP contribution in [0.4, 0.5) is 0 Å². The van der Waals surface area contributed by atoms with Gasteiger partial charge in [-0.3, -0.25) is 4.79 Å². The third kappa shape index (κ3) is 3.54. The van der Waals surface area contributed by atoms with Gasteiger partial charge in [0.25, 0.3) is 0 Å². The number of halogens is 1. The van der Waals surface area contributed by atoms with Crippen LogP contribution in [-0.2, 0) is 0 Å². The SMILES string of the molecule is CCC(=O)c1cc(Cl)ccc1SC(C)C. The second kappa shape index (κ2) is 5.57. The molecule has 15 heavy (non-hydrogen) atoms. The Morgan fingerprint density at radius 1 is 1.47 bits per heavy atom. The number of benzene rings is 1. The van der Waals surface area contributed by atoms with Gasteiger partial charge in [-0.05, 0) is 18.2 Å². The number of hydrogen-bond acceptors (Lipinski definition) is 2. The van der Waals surface area contributed by atoms with Gasteiger partial charge < -0.3 is 0 Å². The van der Waals surface area contributed by atoms with Crippen molar-refractivity contribution in [3.05, 3.63) is 28.8 Å². The van der Waals surface area contributed by atoms with Crippen molar-refractivity contribution in [2.45, 2.75) is 37.3 Å². The lowest BCUT2D eigenvalue weighted by Gasteiger charge is -2.10. The Morgan fingerprint density at radius 3 is 2.67 bits per heavy atom. The average molecular weight is 243 g/mol. The number of carbonyl (C=O) groups excluding carboxylic acids is 1. The second-order valence-corrected chi connectivity index (χ2v) is 5.64. The molecule has 1 rings (SSSR count). The van der Waals surface area contributed by atoms with Crippen LogP contribution in [0.1, 0.15) is 37.6 Å². The Hall–Kier alpha value is -0.470. The Kier molecular flexibility index (Phi) is 4.68. The van der Waals surface area contributed by atoms with Crippen molar-refractivity contribution in [2.75, 3.05) is 0 Å². The van der Waals surface area contributed by atoms with E-state index in [0.29, 0.717) is 16.7 Å². The van der Waals surface area contributed by atoms with Crippen LogP contribution in [0.2, 0.25) is 5.02 Å². The molecule has 0 spiro atoms. The van der Waals surface area contributed by atoms with Crippen LogP contribution in [-0.4, -0.2) is 11.0 Å². The van der Waals surface area contributed by atoms with Crippen LogP contribution >= 0.6 is 23.4 Å². The maximum absolute atomic E-state index is 11.7. The zero-order valence-corrected chi connectivity index (χ0v) is 10.8. The molecule has 1 aromatic carbocycles. The molecule has 1 nitrogen and oxygen atoms in total. The van der Waals surface area contributed by atoms with Crippen molar-refractivity contribution in [1.29, 1.82) is 0 Å². The summed E-state index contributed by atoms with van der Waals surface area (Å²) < 4.78 is 0. The lowest BCUT2D eigenvalue weighted by molar-refractivity contribution is 0.0985. The van der Waals surface area contributed by atoms with Crippen molar-refractivity contribution in [3.8, 4) is 0 Å². The number of thioether (sulfide) groups is 1. The minimum atomic E-state index is 0.153. The van der Waals surface area contributed by atoms with Gasteiger partial charge in [0.05, 0.1) is 0 Å². The van der Waals surface area contributed by atoms with E-state index >= 15 is 0 Å². The van der Waals surface area contributed by atoms with E-state index in [2.05, 4.69) is 13.8 Å². The molecule has 0 N–H and O–H groups in total. The predicted molar refractivity (Wildman–Crippen MR) is 67.1 cm³/mol. The van der Waals surface area contributed by atoms with E-state index in [1.165, 1.54) is 0 Å². The highest BCUT2D eigenvalue weighted by molar-refractivity contribution is 8.00. The standard InChI is InChI=1S/C12H15ClOS/c1-4-11(14)10-7-9(13)5-6-12(10)15-8(2)3/h5-8H,4H2,1-3H3. The lowest BCUT2D eigenvalue weighted by Crippen LogP contribution is -2.00. The van der Waals surface area contributed by atoms with Crippen LogP contribution in [0.3, 0.4) is 0 Å². The van der Waals surface area contributed by atoms with Crippen molar-refractivity contribution < 1.29 is 4.79 Å². The van der Waals surface area contributed by atoms with Gasteiger partial charge in [-0.25, -0.2) is 0 Å². The molecule has 0 amide bonds. The maximum Gasteiger partial charge on any atom is 0.163 e. The third-order valence-corrected chi connectivity index (χ3v) is 3.24. The van der Waals surface area contributed by atoms with Crippen molar-refractivity contribution in [2.24, 2.45) is 0 Å². The molecular formula is C12H15ClOS. The van der Waals surface area contributed by atoms with Crippen LogP contribution in [0.25, 0.3) is 0 Å². The Labute approximate surface area is 100 Å². The third-order valence-electron chi connectivity index (χ3n) is 1.93. The molecule has 0 fully saturated rings. The first-order valence-electron chi connectivity index (χ1n) is 5.04. The van der Waals surface area contributed by atoms with Crippen LogP contribution in [0.15, 0.2) is 23.1 Å². The molecule has 0 saturated heterocycles. The number of Topliss-reactive ketones (excluding diaryl/α,β-unsaturated/α-hetero) is 1. The summed E-state index contributed by atoms with van der Waals surface area (Å²) in [6.45, 7) is 6.09. The minimum Gasteiger partial charge on any atom is -0.294 e. The van der Waals surface area contributed by atoms with Gasteiger partial charge in [-0.15, -0.1) is 11.8 Å². The molecule has 0 bridgehead atoms. The van der Waals surface area contributed by atoms with Crippen LogP contribution in [0.5, 0.6) is 0 Å². The quantitative estimate of drug-likeness (QED) is 0.574. The molecule has 0 atom stereocenters. The Bertz CT molecular complexity index is 361. The lowest BCUT2D eigenvalue weighted by atomic mass is 10.1. The van der Waals surface area contributed by atoms with E-state index < -0.39 is 0 Å². The molecule has 0 unspecified atom stereocenters. The first-order chi connectivity index (χ1) is 7.04. The zero-order chi connectivity index (χ0) is 11.4. The molecule has 0 radical (unpaired) electrons. The van der Waals surface area contributed by atoms with E-state index in [4.69, 9.17) is 11.6 Å². The molecule has 82 valence electrons. The van der Waals surface area contributed by atoms with Gasteiger partial charge in [0.15, 0.2) is 5.78 Å². The average Bonchev–Trinajstić information content (AvgIpc) is 2.19. The number of ketones is 1. The first kappa shape index (κ1) is 12.6. The van der Waals surface area contributed by atoms with E-state index in [9.17, 15) is 4.79 Å². The fourth-order valence-electron chi connectivity index (χ4n) is 1.27. The van der Waals surface area contributed by atoms with Crippen molar-refractivity contribution in [1.82, 2.24) is 0 Å². The maximum atomic E-state index is 11.7. The van der Waals surface area contributed by atoms with E-state index in [1.807, 2.05) is 19.1 Å². The highest BCUT2D eigenvalue weighted by Gasteiger charge is 2.11. The summed E-state index contributed by atoms with van der Waals surface area (Å²) in [5, 5.41) is 1.09. The smallest absolute Gasteiger partial charge is 0.163 e. The molecule has 0 aliphatic carbocycles. The van der Waals surface area contributed by atoms with Gasteiger partial charge >= 0.3 is 0 Å². The summed E-state index contributed by atoms with van der Waals surface area (Å²) in [5.74, 6) is 0.153. The monoisotopic (exact) mass is 242 g/mol. The Balaban J connectivity index is 3.08. The number of hydrogen-bond donors (Lipinski definition) is 0. The molecule has 0 aromatic heterocycles. The summed E-state index contributed by atoms with van der Waals surface area (Å²) in [5.41, 5.74) is 0.753. The summed E-state index contributed by atoms with van der Waals surface area (Å²) in [4.78, 5) is 12.7. The minimum absolute atomic E-state index is 0.153. The van der Waals surface area contributed by atoms with Crippen LogP contribution in [0, 0.1) is 0 Å². The largest absolute Gasteiger partial charge is 0.294 e. The molecule has 0 aliphatic rings. The van der Waals surface area contributed by atoms with E-state index in [1.54, 1.807) is 17.8 Å². The fraction of sp³-hybridized carbons (Fsp3) is 0.417. The normalized spacial score (nSPS) is 10.7. The van der Waals surface area contributed by atoms with E-state index in [-0.39, 0.29) is 5.78 Å². The highest BCUT2D eigenvalue weighted by atomic mass is 35.5. The van der Waals surface area contributed by atoms with Gasteiger partial charge in [0.1, 0.15) is 0 Å². The van der Waals surface area contributed by atoms with Gasteiger partial charge in [0, 0.05) is 27.2 Å². The molecular weight excluding hydrogens is 228 g/mol. The molecule has 3 heteroatoms.